The van der Waals surface area contributed by atoms with Crippen molar-refractivity contribution in [2.75, 3.05) is 18.8 Å². The van der Waals surface area contributed by atoms with E-state index in [0.717, 1.165) is 6.54 Å². The molecule has 1 aliphatic rings. The molecule has 1 rings (SSSR count). The third-order valence-corrected chi connectivity index (χ3v) is 3.89. The Bertz CT molecular complexity index is 215. The number of carbonyl (C=O) groups excluding carboxylic acids is 1. The Labute approximate surface area is 96.1 Å². The van der Waals surface area contributed by atoms with Crippen LogP contribution in [0.5, 0.6) is 0 Å². The molecule has 1 fully saturated rings. The molecule has 0 aromatic rings. The molecule has 3 nitrogen and oxygen atoms in total. The van der Waals surface area contributed by atoms with Gasteiger partial charge >= 0.3 is 0 Å². The van der Waals surface area contributed by atoms with E-state index in [2.05, 4.69) is 17.2 Å². The van der Waals surface area contributed by atoms with Crippen molar-refractivity contribution in [2.45, 2.75) is 31.1 Å². The maximum absolute atomic E-state index is 11.5. The summed E-state index contributed by atoms with van der Waals surface area (Å²) in [5, 5.41) is 6.74. The van der Waals surface area contributed by atoms with Gasteiger partial charge in [0.1, 0.15) is 0 Å². The van der Waals surface area contributed by atoms with Gasteiger partial charge in [-0.05, 0) is 25.5 Å². The highest BCUT2D eigenvalue weighted by Gasteiger charge is 2.18. The zero-order valence-corrected chi connectivity index (χ0v) is 10.1. The summed E-state index contributed by atoms with van der Waals surface area (Å²) in [7, 11) is 0. The van der Waals surface area contributed by atoms with Gasteiger partial charge in [-0.2, -0.15) is 11.8 Å². The van der Waals surface area contributed by atoms with E-state index in [1.807, 2.05) is 18.7 Å². The van der Waals surface area contributed by atoms with Gasteiger partial charge in [0.05, 0.1) is 6.04 Å². The second-order valence-electron chi connectivity index (χ2n) is 3.80. The first-order valence-corrected chi connectivity index (χ1v) is 6.52. The first-order valence-electron chi connectivity index (χ1n) is 5.47. The number of amides is 1. The summed E-state index contributed by atoms with van der Waals surface area (Å²) < 4.78 is 0. The van der Waals surface area contributed by atoms with Crippen LogP contribution in [0.3, 0.4) is 0 Å². The van der Waals surface area contributed by atoms with Crippen molar-refractivity contribution in [3.8, 4) is 0 Å². The number of hydrogen-bond donors (Lipinski definition) is 2. The van der Waals surface area contributed by atoms with Crippen LogP contribution in [0.25, 0.3) is 0 Å². The zero-order chi connectivity index (χ0) is 11.1. The SMILES string of the molecule is C=CCNC(=O)C(C)NCC1CCCS1. The van der Waals surface area contributed by atoms with Crippen molar-refractivity contribution in [1.82, 2.24) is 10.6 Å². The number of nitrogens with one attached hydrogen (secondary N) is 2. The topological polar surface area (TPSA) is 41.1 Å². The monoisotopic (exact) mass is 228 g/mol. The third kappa shape index (κ3) is 4.71. The quantitative estimate of drug-likeness (QED) is 0.670. The molecule has 0 aliphatic carbocycles. The molecule has 0 aromatic heterocycles. The number of hydrogen-bond acceptors (Lipinski definition) is 3. The number of rotatable bonds is 6. The summed E-state index contributed by atoms with van der Waals surface area (Å²) in [6.45, 7) is 6.95. The van der Waals surface area contributed by atoms with Crippen molar-refractivity contribution in [3.63, 3.8) is 0 Å². The molecule has 0 bridgehead atoms. The van der Waals surface area contributed by atoms with Gasteiger partial charge < -0.3 is 10.6 Å². The van der Waals surface area contributed by atoms with Crippen LogP contribution >= 0.6 is 11.8 Å². The van der Waals surface area contributed by atoms with Gasteiger partial charge in [-0.15, -0.1) is 6.58 Å². The Kier molecular flexibility index (Phi) is 5.79. The van der Waals surface area contributed by atoms with Crippen molar-refractivity contribution in [3.05, 3.63) is 12.7 Å². The lowest BCUT2D eigenvalue weighted by Crippen LogP contribution is -2.44. The van der Waals surface area contributed by atoms with Gasteiger partial charge in [0.25, 0.3) is 0 Å². The van der Waals surface area contributed by atoms with E-state index >= 15 is 0 Å². The van der Waals surface area contributed by atoms with Crippen LogP contribution in [-0.4, -0.2) is 36.0 Å². The van der Waals surface area contributed by atoms with Crippen LogP contribution in [0, 0.1) is 0 Å². The normalized spacial score (nSPS) is 22.3. The second-order valence-corrected chi connectivity index (χ2v) is 5.21. The summed E-state index contributed by atoms with van der Waals surface area (Å²) in [6, 6.07) is -0.105. The zero-order valence-electron chi connectivity index (χ0n) is 9.29. The highest BCUT2D eigenvalue weighted by Crippen LogP contribution is 2.25. The lowest BCUT2D eigenvalue weighted by molar-refractivity contribution is -0.122. The standard InChI is InChI=1S/C11H20N2OS/c1-3-6-12-11(14)9(2)13-8-10-5-4-7-15-10/h3,9-10,13H,1,4-8H2,2H3,(H,12,14). The summed E-state index contributed by atoms with van der Waals surface area (Å²) >= 11 is 2.00. The molecule has 1 aliphatic heterocycles. The largest absolute Gasteiger partial charge is 0.351 e. The molecular formula is C11H20N2OS. The molecule has 1 saturated heterocycles. The molecule has 1 heterocycles. The molecule has 2 unspecified atom stereocenters. The van der Waals surface area contributed by atoms with Crippen molar-refractivity contribution < 1.29 is 4.79 Å². The Hall–Kier alpha value is -0.480. The lowest BCUT2D eigenvalue weighted by Gasteiger charge is -2.15. The lowest BCUT2D eigenvalue weighted by atomic mass is 10.2. The van der Waals surface area contributed by atoms with Gasteiger partial charge in [-0.3, -0.25) is 4.79 Å². The summed E-state index contributed by atoms with van der Waals surface area (Å²) in [4.78, 5) is 11.5. The molecule has 0 aromatic carbocycles. The predicted molar refractivity (Wildman–Crippen MR) is 66.2 cm³/mol. The minimum Gasteiger partial charge on any atom is -0.351 e. The number of carbonyl (C=O) groups is 1. The van der Waals surface area contributed by atoms with Crippen LogP contribution in [0.15, 0.2) is 12.7 Å². The minimum atomic E-state index is -0.105. The van der Waals surface area contributed by atoms with Gasteiger partial charge in [0.2, 0.25) is 5.91 Å². The average molecular weight is 228 g/mol. The average Bonchev–Trinajstić information content (AvgIpc) is 2.75. The first kappa shape index (κ1) is 12.6. The van der Waals surface area contributed by atoms with Crippen LogP contribution < -0.4 is 10.6 Å². The molecule has 0 saturated carbocycles. The van der Waals surface area contributed by atoms with E-state index in [1.165, 1.54) is 18.6 Å². The van der Waals surface area contributed by atoms with Gasteiger partial charge in [0, 0.05) is 18.3 Å². The van der Waals surface area contributed by atoms with Gasteiger partial charge in [-0.25, -0.2) is 0 Å². The fourth-order valence-corrected chi connectivity index (χ4v) is 2.75. The van der Waals surface area contributed by atoms with Crippen molar-refractivity contribution >= 4 is 17.7 Å². The molecule has 86 valence electrons. The molecule has 15 heavy (non-hydrogen) atoms. The van der Waals surface area contributed by atoms with Crippen LogP contribution in [0.2, 0.25) is 0 Å². The van der Waals surface area contributed by atoms with E-state index < -0.39 is 0 Å². The highest BCUT2D eigenvalue weighted by molar-refractivity contribution is 8.00. The fraction of sp³-hybridized carbons (Fsp3) is 0.727. The van der Waals surface area contributed by atoms with Crippen LogP contribution in [-0.2, 0) is 4.79 Å². The van der Waals surface area contributed by atoms with Crippen molar-refractivity contribution in [1.29, 1.82) is 0 Å². The molecule has 2 atom stereocenters. The Morgan fingerprint density at radius 1 is 1.73 bits per heavy atom. The van der Waals surface area contributed by atoms with Crippen LogP contribution in [0.1, 0.15) is 19.8 Å². The maximum Gasteiger partial charge on any atom is 0.237 e. The molecule has 0 radical (unpaired) electrons. The second kappa shape index (κ2) is 6.90. The maximum atomic E-state index is 11.5. The molecule has 4 heteroatoms. The Balaban J connectivity index is 2.13. The van der Waals surface area contributed by atoms with E-state index in [-0.39, 0.29) is 11.9 Å². The third-order valence-electron chi connectivity index (χ3n) is 2.49. The fourth-order valence-electron chi connectivity index (χ4n) is 1.53. The van der Waals surface area contributed by atoms with Gasteiger partial charge in [0.15, 0.2) is 0 Å². The summed E-state index contributed by atoms with van der Waals surface area (Å²) in [5.41, 5.74) is 0. The van der Waals surface area contributed by atoms with Gasteiger partial charge in [-0.1, -0.05) is 6.08 Å². The van der Waals surface area contributed by atoms with E-state index in [1.54, 1.807) is 6.08 Å². The van der Waals surface area contributed by atoms with E-state index in [0.29, 0.717) is 11.8 Å². The van der Waals surface area contributed by atoms with E-state index in [9.17, 15) is 4.79 Å². The Morgan fingerprint density at radius 3 is 3.13 bits per heavy atom. The van der Waals surface area contributed by atoms with Crippen LogP contribution in [0.4, 0.5) is 0 Å². The van der Waals surface area contributed by atoms with E-state index in [4.69, 9.17) is 0 Å². The smallest absolute Gasteiger partial charge is 0.237 e. The molecule has 2 N–H and O–H groups in total. The van der Waals surface area contributed by atoms with Crippen molar-refractivity contribution in [2.24, 2.45) is 0 Å². The number of thioether (sulfide) groups is 1. The Morgan fingerprint density at radius 2 is 2.53 bits per heavy atom. The highest BCUT2D eigenvalue weighted by atomic mass is 32.2. The predicted octanol–water partition coefficient (Wildman–Crippen LogP) is 1.16. The molecule has 0 spiro atoms. The molecule has 1 amide bonds. The summed E-state index contributed by atoms with van der Waals surface area (Å²) in [5.74, 6) is 1.32. The first-order chi connectivity index (χ1) is 7.24. The molecular weight excluding hydrogens is 208 g/mol. The summed E-state index contributed by atoms with van der Waals surface area (Å²) in [6.07, 6.45) is 4.28. The minimum absolute atomic E-state index is 0.0536.